The first-order chi connectivity index (χ1) is 12.1. The minimum Gasteiger partial charge on any atom is -1.00 e. The number of benzene rings is 3. The lowest BCUT2D eigenvalue weighted by molar-refractivity contribution is -0.687. The van der Waals surface area contributed by atoms with Crippen LogP contribution in [0.2, 0.25) is 0 Å². The van der Waals surface area contributed by atoms with Crippen LogP contribution in [0.5, 0.6) is 0 Å². The van der Waals surface area contributed by atoms with Gasteiger partial charge in [-0.2, -0.15) is 4.57 Å². The molecule has 0 radical (unpaired) electrons. The van der Waals surface area contributed by atoms with Crippen LogP contribution in [0, 0.1) is 13.8 Å². The van der Waals surface area contributed by atoms with Crippen LogP contribution in [0.25, 0.3) is 21.5 Å². The first-order valence-electron chi connectivity index (χ1n) is 8.53. The van der Waals surface area contributed by atoms with Crippen LogP contribution in [0.1, 0.15) is 21.6 Å². The van der Waals surface area contributed by atoms with Crippen molar-refractivity contribution < 1.29 is 26.3 Å². The Hall–Kier alpha value is -2.52. The Morgan fingerprint density at radius 1 is 0.808 bits per heavy atom. The molecule has 0 unspecified atom stereocenters. The second-order valence-electron chi connectivity index (χ2n) is 6.66. The van der Waals surface area contributed by atoms with Gasteiger partial charge in [-0.1, -0.05) is 54.1 Å². The smallest absolute Gasteiger partial charge is 0.227 e. The third-order valence-electron chi connectivity index (χ3n) is 4.72. The molecule has 4 aromatic rings. The second-order valence-corrected chi connectivity index (χ2v) is 6.66. The fourth-order valence-electron chi connectivity index (χ4n) is 3.31. The summed E-state index contributed by atoms with van der Waals surface area (Å²) >= 11 is 0. The molecule has 2 nitrogen and oxygen atoms in total. The van der Waals surface area contributed by atoms with E-state index >= 15 is 0 Å². The number of hydrogen-bond donors (Lipinski definition) is 0. The number of Topliss-reactive ketones (excluding diaryl/α,β-unsaturated/α-hetero) is 1. The number of aryl methyl sites for hydroxylation is 2. The van der Waals surface area contributed by atoms with Gasteiger partial charge in [0.25, 0.3) is 0 Å². The minimum atomic E-state index is 0. The lowest BCUT2D eigenvalue weighted by Gasteiger charge is -2.06. The van der Waals surface area contributed by atoms with Crippen molar-refractivity contribution in [3.05, 3.63) is 89.7 Å². The topological polar surface area (TPSA) is 20.9 Å². The number of halogens is 1. The van der Waals surface area contributed by atoms with Crippen LogP contribution < -0.4 is 21.5 Å². The molecule has 0 bridgehead atoms. The molecule has 0 saturated carbocycles. The van der Waals surface area contributed by atoms with Crippen molar-refractivity contribution >= 4 is 27.3 Å². The summed E-state index contributed by atoms with van der Waals surface area (Å²) in [5.41, 5.74) is 3.11. The van der Waals surface area contributed by atoms with Gasteiger partial charge in [0.1, 0.15) is 0 Å². The lowest BCUT2D eigenvalue weighted by Crippen LogP contribution is -3.00. The predicted molar refractivity (Wildman–Crippen MR) is 102 cm³/mol. The molecule has 0 spiro atoms. The summed E-state index contributed by atoms with van der Waals surface area (Å²) in [4.78, 5) is 12.5. The van der Waals surface area contributed by atoms with Crippen LogP contribution >= 0.6 is 0 Å². The van der Waals surface area contributed by atoms with Crippen molar-refractivity contribution in [3.63, 3.8) is 0 Å². The summed E-state index contributed by atoms with van der Waals surface area (Å²) in [5, 5.41) is 4.84. The van der Waals surface area contributed by atoms with E-state index in [0.29, 0.717) is 6.54 Å². The highest BCUT2D eigenvalue weighted by Crippen LogP contribution is 2.23. The van der Waals surface area contributed by atoms with Crippen molar-refractivity contribution in [2.75, 3.05) is 0 Å². The van der Waals surface area contributed by atoms with Gasteiger partial charge in [-0.25, -0.2) is 0 Å². The molecule has 3 aromatic carbocycles. The number of hydrogen-bond acceptors (Lipinski definition) is 1. The molecule has 0 aliphatic carbocycles. The minimum absolute atomic E-state index is 0. The third-order valence-corrected chi connectivity index (χ3v) is 4.72. The number of nitrogens with zero attached hydrogens (tertiary/aromatic N) is 1. The van der Waals surface area contributed by atoms with Gasteiger partial charge in [-0.05, 0) is 35.2 Å². The van der Waals surface area contributed by atoms with Gasteiger partial charge in [0.2, 0.25) is 12.3 Å². The van der Waals surface area contributed by atoms with Gasteiger partial charge < -0.3 is 17.0 Å². The number of pyridine rings is 1. The zero-order valence-corrected chi connectivity index (χ0v) is 16.5. The standard InChI is InChI=1S/C23H20NO.BrH/c1-16-8-9-19-12-22-14-24(15-23(25)18-6-4-3-5-7-18)17(2)11-21(22)13-20(19)10-16;/h3-14H,15H2,1-2H3;1H/q+1;/p-1. The van der Waals surface area contributed by atoms with E-state index in [9.17, 15) is 4.79 Å². The summed E-state index contributed by atoms with van der Waals surface area (Å²) in [6.45, 7) is 4.53. The highest BCUT2D eigenvalue weighted by molar-refractivity contribution is 5.98. The van der Waals surface area contributed by atoms with E-state index in [1.54, 1.807) is 0 Å². The second kappa shape index (κ2) is 7.38. The molecule has 0 amide bonds. The van der Waals surface area contributed by atoms with Gasteiger partial charge in [0, 0.05) is 23.9 Å². The average molecular weight is 406 g/mol. The normalized spacial score (nSPS) is 10.7. The molecule has 0 fully saturated rings. The molecule has 3 heteroatoms. The Morgan fingerprint density at radius 2 is 1.50 bits per heavy atom. The molecule has 1 aromatic heterocycles. The molecule has 1 heterocycles. The van der Waals surface area contributed by atoms with Crippen molar-refractivity contribution in [1.82, 2.24) is 0 Å². The molecule has 0 aliphatic rings. The molecule has 130 valence electrons. The predicted octanol–water partition coefficient (Wildman–Crippen LogP) is 1.78. The Labute approximate surface area is 163 Å². The fraction of sp³-hybridized carbons (Fsp3) is 0.130. The maximum absolute atomic E-state index is 12.5. The Kier molecular flexibility index (Phi) is 5.19. The van der Waals surface area contributed by atoms with E-state index in [1.165, 1.54) is 21.7 Å². The first kappa shape index (κ1) is 18.3. The summed E-state index contributed by atoms with van der Waals surface area (Å²) in [6.07, 6.45) is 2.09. The molecule has 0 aliphatic heterocycles. The Morgan fingerprint density at radius 3 is 2.27 bits per heavy atom. The van der Waals surface area contributed by atoms with Gasteiger partial charge in [-0.3, -0.25) is 4.79 Å². The number of carbonyl (C=O) groups excluding carboxylic acids is 1. The number of carbonyl (C=O) groups is 1. The molecular weight excluding hydrogens is 386 g/mol. The molecule has 26 heavy (non-hydrogen) atoms. The summed E-state index contributed by atoms with van der Waals surface area (Å²) in [5.74, 6) is 0.129. The van der Waals surface area contributed by atoms with Crippen LogP contribution in [-0.2, 0) is 6.54 Å². The zero-order chi connectivity index (χ0) is 17.4. The van der Waals surface area contributed by atoms with Crippen LogP contribution in [0.4, 0.5) is 0 Å². The quantitative estimate of drug-likeness (QED) is 0.289. The van der Waals surface area contributed by atoms with E-state index in [0.717, 1.165) is 16.6 Å². The summed E-state index contributed by atoms with van der Waals surface area (Å²) in [6, 6.07) is 22.6. The van der Waals surface area contributed by atoms with Gasteiger partial charge in [0.15, 0.2) is 11.9 Å². The van der Waals surface area contributed by atoms with Crippen molar-refractivity contribution in [2.45, 2.75) is 20.4 Å². The Balaban J connectivity index is 0.00000196. The lowest BCUT2D eigenvalue weighted by atomic mass is 10.0. The van der Waals surface area contributed by atoms with Crippen LogP contribution in [0.3, 0.4) is 0 Å². The molecule has 4 rings (SSSR count). The van der Waals surface area contributed by atoms with Crippen molar-refractivity contribution in [1.29, 1.82) is 0 Å². The van der Waals surface area contributed by atoms with E-state index < -0.39 is 0 Å². The molecule has 0 saturated heterocycles. The highest BCUT2D eigenvalue weighted by atomic mass is 79.9. The fourth-order valence-corrected chi connectivity index (χ4v) is 3.31. The van der Waals surface area contributed by atoms with E-state index in [-0.39, 0.29) is 22.8 Å². The largest absolute Gasteiger partial charge is 1.00 e. The van der Waals surface area contributed by atoms with E-state index in [4.69, 9.17) is 0 Å². The van der Waals surface area contributed by atoms with Crippen molar-refractivity contribution in [2.24, 2.45) is 0 Å². The Bertz CT molecular complexity index is 1100. The van der Waals surface area contributed by atoms with Crippen LogP contribution in [0.15, 0.2) is 72.9 Å². The van der Waals surface area contributed by atoms with Crippen LogP contribution in [-0.4, -0.2) is 5.78 Å². The summed E-state index contributed by atoms with van der Waals surface area (Å²) in [7, 11) is 0. The maximum Gasteiger partial charge on any atom is 0.227 e. The molecule has 0 N–H and O–H groups in total. The van der Waals surface area contributed by atoms with Gasteiger partial charge in [0.05, 0.1) is 0 Å². The SMILES string of the molecule is Cc1ccc2cc3c[n+](CC(=O)c4ccccc4)c(C)cc3cc2c1.[Br-]. The monoisotopic (exact) mass is 405 g/mol. The number of rotatable bonds is 3. The first-order valence-corrected chi connectivity index (χ1v) is 8.53. The average Bonchev–Trinajstić information content (AvgIpc) is 2.61. The van der Waals surface area contributed by atoms with E-state index in [2.05, 4.69) is 56.4 Å². The maximum atomic E-state index is 12.5. The molecular formula is C23H20BrNO. The van der Waals surface area contributed by atoms with Crippen molar-refractivity contribution in [3.8, 4) is 0 Å². The zero-order valence-electron chi connectivity index (χ0n) is 14.9. The number of ketones is 1. The van der Waals surface area contributed by atoms with E-state index in [1.807, 2.05) is 34.9 Å². The number of fused-ring (bicyclic) bond motifs is 2. The molecule has 0 atom stereocenters. The van der Waals surface area contributed by atoms with Gasteiger partial charge in [-0.15, -0.1) is 0 Å². The summed E-state index contributed by atoms with van der Waals surface area (Å²) < 4.78 is 2.04. The van der Waals surface area contributed by atoms with Gasteiger partial charge >= 0.3 is 0 Å². The number of aromatic nitrogens is 1. The third kappa shape index (κ3) is 3.54. The highest BCUT2D eigenvalue weighted by Gasteiger charge is 2.15.